The average molecular weight is 1310 g/mol. The first-order valence-corrected chi connectivity index (χ1v) is 39.5. The highest BCUT2D eigenvalue weighted by atomic mass is 31.2. The SMILES string of the molecule is CCCCCCCCCCCCCCCCCCCCCCC(=O)O[C@H](COC(=O)CCCCCCCCCCCCCC(C)C)COP(=O)(O)OC[C@@H](O)COP(=O)(O)OC[C@@H](COC(=O)CCCCCCC)OC(=O)CCCCCCCCC(C)CC. The lowest BCUT2D eigenvalue weighted by atomic mass is 10.00. The van der Waals surface area contributed by atoms with Gasteiger partial charge in [0.05, 0.1) is 26.4 Å². The molecule has 19 heteroatoms. The van der Waals surface area contributed by atoms with Crippen molar-refractivity contribution < 1.29 is 80.2 Å². The molecule has 0 saturated heterocycles. The second-order valence-corrected chi connectivity index (χ2v) is 28.9. The first-order chi connectivity index (χ1) is 42.9. The van der Waals surface area contributed by atoms with Crippen LogP contribution in [0.5, 0.6) is 0 Å². The van der Waals surface area contributed by atoms with E-state index in [2.05, 4.69) is 41.5 Å². The van der Waals surface area contributed by atoms with Gasteiger partial charge in [0.1, 0.15) is 19.3 Å². The lowest BCUT2D eigenvalue weighted by molar-refractivity contribution is -0.161. The molecule has 0 radical (unpaired) electrons. The number of phosphoric acid groups is 2. The summed E-state index contributed by atoms with van der Waals surface area (Å²) in [5.74, 6) is -0.647. The van der Waals surface area contributed by atoms with E-state index >= 15 is 0 Å². The molecule has 0 bridgehead atoms. The van der Waals surface area contributed by atoms with E-state index in [0.717, 1.165) is 108 Å². The maximum absolute atomic E-state index is 13.0. The molecule has 0 aliphatic carbocycles. The summed E-state index contributed by atoms with van der Waals surface area (Å²) in [5, 5.41) is 10.5. The third-order valence-electron chi connectivity index (χ3n) is 16.6. The van der Waals surface area contributed by atoms with Gasteiger partial charge in [0.2, 0.25) is 0 Å². The Bertz CT molecular complexity index is 1740. The number of ether oxygens (including phenoxy) is 4. The standard InChI is InChI=1S/C70H136O17P2/c1-7-10-12-14-15-16-17-18-19-20-21-22-23-24-25-28-32-35-42-48-54-69(74)86-66(59-81-68(73)53-47-41-34-31-29-26-27-30-33-39-44-50-62(4)5)61-85-89(78,79)83-57-64(71)56-82-88(76,77)84-60-65(58-80-67(72)52-46-38-13-11-8-2)87-70(75)55-49-43-37-36-40-45-51-63(6)9-3/h62-66,71H,7-61H2,1-6H3,(H,76,77)(H,78,79)/t63?,64-,65+,66+/m0/s1. The van der Waals surface area contributed by atoms with E-state index in [1.165, 1.54) is 167 Å². The molecule has 0 aromatic heterocycles. The molecule has 0 aliphatic rings. The zero-order chi connectivity index (χ0) is 65.7. The zero-order valence-corrected chi connectivity index (χ0v) is 59.5. The van der Waals surface area contributed by atoms with Gasteiger partial charge in [-0.05, 0) is 37.5 Å². The van der Waals surface area contributed by atoms with Gasteiger partial charge in [-0.15, -0.1) is 0 Å². The summed E-state index contributed by atoms with van der Waals surface area (Å²) >= 11 is 0. The van der Waals surface area contributed by atoms with Crippen molar-refractivity contribution in [2.75, 3.05) is 39.6 Å². The van der Waals surface area contributed by atoms with Crippen LogP contribution in [0.3, 0.4) is 0 Å². The maximum Gasteiger partial charge on any atom is 0.472 e. The molecule has 3 unspecified atom stereocenters. The Morgan fingerprint density at radius 1 is 0.326 bits per heavy atom. The highest BCUT2D eigenvalue weighted by Gasteiger charge is 2.30. The van der Waals surface area contributed by atoms with Crippen molar-refractivity contribution in [3.05, 3.63) is 0 Å². The van der Waals surface area contributed by atoms with Gasteiger partial charge in [0, 0.05) is 25.7 Å². The first kappa shape index (κ1) is 87.1. The van der Waals surface area contributed by atoms with Crippen molar-refractivity contribution in [1.82, 2.24) is 0 Å². The molecule has 0 spiro atoms. The van der Waals surface area contributed by atoms with Gasteiger partial charge in [0.25, 0.3) is 0 Å². The molecule has 0 rings (SSSR count). The lowest BCUT2D eigenvalue weighted by Crippen LogP contribution is -2.30. The number of aliphatic hydroxyl groups excluding tert-OH is 1. The molecule has 0 fully saturated rings. The maximum atomic E-state index is 13.0. The molecule has 0 amide bonds. The summed E-state index contributed by atoms with van der Waals surface area (Å²) < 4.78 is 68.0. The Morgan fingerprint density at radius 3 is 0.854 bits per heavy atom. The number of phosphoric ester groups is 2. The fourth-order valence-corrected chi connectivity index (χ4v) is 12.1. The van der Waals surface area contributed by atoms with Crippen LogP contribution < -0.4 is 0 Å². The lowest BCUT2D eigenvalue weighted by Gasteiger charge is -2.21. The predicted molar refractivity (Wildman–Crippen MR) is 358 cm³/mol. The minimum absolute atomic E-state index is 0.102. The van der Waals surface area contributed by atoms with Crippen LogP contribution in [0.2, 0.25) is 0 Å². The topological polar surface area (TPSA) is 237 Å². The number of carbonyl (C=O) groups is 4. The molecule has 528 valence electrons. The zero-order valence-electron chi connectivity index (χ0n) is 57.7. The van der Waals surface area contributed by atoms with Crippen LogP contribution in [-0.2, 0) is 65.4 Å². The number of carbonyl (C=O) groups excluding carboxylic acids is 4. The number of hydrogen-bond donors (Lipinski definition) is 3. The first-order valence-electron chi connectivity index (χ1n) is 36.5. The number of esters is 4. The molecule has 0 aromatic rings. The number of hydrogen-bond acceptors (Lipinski definition) is 15. The van der Waals surface area contributed by atoms with Crippen LogP contribution in [-0.4, -0.2) is 96.7 Å². The van der Waals surface area contributed by atoms with Gasteiger partial charge in [-0.25, -0.2) is 9.13 Å². The molecular formula is C70H136O17P2. The predicted octanol–water partition coefficient (Wildman–Crippen LogP) is 20.0. The minimum Gasteiger partial charge on any atom is -0.462 e. The highest BCUT2D eigenvalue weighted by Crippen LogP contribution is 2.45. The molecule has 0 heterocycles. The van der Waals surface area contributed by atoms with Crippen molar-refractivity contribution in [2.24, 2.45) is 11.8 Å². The van der Waals surface area contributed by atoms with Crippen molar-refractivity contribution in [2.45, 2.75) is 374 Å². The van der Waals surface area contributed by atoms with Gasteiger partial charge in [0.15, 0.2) is 12.2 Å². The number of rotatable bonds is 69. The van der Waals surface area contributed by atoms with E-state index in [4.69, 9.17) is 37.0 Å². The van der Waals surface area contributed by atoms with E-state index in [9.17, 15) is 43.2 Å². The largest absolute Gasteiger partial charge is 0.472 e. The number of unbranched alkanes of at least 4 members (excludes halogenated alkanes) is 38. The summed E-state index contributed by atoms with van der Waals surface area (Å²) in [5.41, 5.74) is 0. The van der Waals surface area contributed by atoms with Crippen molar-refractivity contribution in [3.8, 4) is 0 Å². The van der Waals surface area contributed by atoms with Crippen LogP contribution in [0.4, 0.5) is 0 Å². The molecular weight excluding hydrogens is 1170 g/mol. The molecule has 6 atom stereocenters. The molecule has 0 saturated carbocycles. The van der Waals surface area contributed by atoms with Crippen LogP contribution in [0, 0.1) is 11.8 Å². The van der Waals surface area contributed by atoms with E-state index in [1.54, 1.807) is 0 Å². The van der Waals surface area contributed by atoms with Crippen LogP contribution >= 0.6 is 15.6 Å². The fraction of sp³-hybridized carbons (Fsp3) is 0.943. The summed E-state index contributed by atoms with van der Waals surface area (Å²) in [7, 11) is -9.89. The van der Waals surface area contributed by atoms with E-state index in [0.29, 0.717) is 25.7 Å². The van der Waals surface area contributed by atoms with Gasteiger partial charge >= 0.3 is 39.5 Å². The van der Waals surface area contributed by atoms with Crippen molar-refractivity contribution >= 4 is 39.5 Å². The number of aliphatic hydroxyl groups is 1. The Morgan fingerprint density at radius 2 is 0.573 bits per heavy atom. The third kappa shape index (κ3) is 63.2. The fourth-order valence-electron chi connectivity index (χ4n) is 10.6. The molecule has 17 nitrogen and oxygen atoms in total. The van der Waals surface area contributed by atoms with Crippen molar-refractivity contribution in [1.29, 1.82) is 0 Å². The molecule has 0 aromatic carbocycles. The average Bonchev–Trinajstić information content (AvgIpc) is 3.61. The minimum atomic E-state index is -4.95. The van der Waals surface area contributed by atoms with Gasteiger partial charge in [-0.1, -0.05) is 305 Å². The monoisotopic (exact) mass is 1310 g/mol. The third-order valence-corrected chi connectivity index (χ3v) is 18.5. The summed E-state index contributed by atoms with van der Waals surface area (Å²) in [4.78, 5) is 72.2. The van der Waals surface area contributed by atoms with Crippen LogP contribution in [0.15, 0.2) is 0 Å². The van der Waals surface area contributed by atoms with Gasteiger partial charge in [-0.2, -0.15) is 0 Å². The van der Waals surface area contributed by atoms with E-state index < -0.39 is 97.5 Å². The second-order valence-electron chi connectivity index (χ2n) is 26.0. The smallest absolute Gasteiger partial charge is 0.462 e. The van der Waals surface area contributed by atoms with Crippen LogP contribution in [0.1, 0.15) is 356 Å². The Kier molecular flexibility index (Phi) is 60.8. The molecule has 0 aliphatic heterocycles. The molecule has 89 heavy (non-hydrogen) atoms. The quantitative estimate of drug-likeness (QED) is 0.0222. The highest BCUT2D eigenvalue weighted by molar-refractivity contribution is 7.47. The summed E-state index contributed by atoms with van der Waals surface area (Å²) in [6.07, 6.45) is 47.8. The normalized spacial score (nSPS) is 14.4. The summed E-state index contributed by atoms with van der Waals surface area (Å²) in [6, 6.07) is 0. The van der Waals surface area contributed by atoms with E-state index in [-0.39, 0.29) is 25.7 Å². The van der Waals surface area contributed by atoms with E-state index in [1.807, 2.05) is 0 Å². The van der Waals surface area contributed by atoms with Gasteiger partial charge in [-0.3, -0.25) is 37.3 Å². The van der Waals surface area contributed by atoms with Crippen molar-refractivity contribution in [3.63, 3.8) is 0 Å². The Hall–Kier alpha value is -1.94. The summed E-state index contributed by atoms with van der Waals surface area (Å²) in [6.45, 7) is 9.41. The Labute approximate surface area is 543 Å². The van der Waals surface area contributed by atoms with Crippen LogP contribution in [0.25, 0.3) is 0 Å². The van der Waals surface area contributed by atoms with Gasteiger partial charge < -0.3 is 33.8 Å². The second kappa shape index (κ2) is 62.2. The Balaban J connectivity index is 5.13. The molecule has 3 N–H and O–H groups in total.